The Hall–Kier alpha value is -2.41. The molecule has 2 amide bonds. The summed E-state index contributed by atoms with van der Waals surface area (Å²) in [6.07, 6.45) is 3.42. The molecule has 4 rings (SSSR count). The number of hydrogen-bond acceptors (Lipinski definition) is 5. The molecule has 1 aliphatic carbocycles. The first-order chi connectivity index (χ1) is 13.4. The van der Waals surface area contributed by atoms with E-state index in [9.17, 15) is 9.59 Å². The van der Waals surface area contributed by atoms with Crippen LogP contribution in [-0.2, 0) is 4.74 Å². The lowest BCUT2D eigenvalue weighted by Crippen LogP contribution is -2.42. The predicted molar refractivity (Wildman–Crippen MR) is 107 cm³/mol. The van der Waals surface area contributed by atoms with Gasteiger partial charge in [-0.05, 0) is 45.1 Å². The summed E-state index contributed by atoms with van der Waals surface area (Å²) in [7, 11) is 0. The second kappa shape index (κ2) is 7.20. The Morgan fingerprint density at radius 2 is 1.89 bits per heavy atom. The Balaban J connectivity index is 1.51. The summed E-state index contributed by atoms with van der Waals surface area (Å²) in [5.41, 5.74) is 6.20. The zero-order chi connectivity index (χ0) is 19.9. The van der Waals surface area contributed by atoms with E-state index >= 15 is 0 Å². The van der Waals surface area contributed by atoms with E-state index in [2.05, 4.69) is 17.1 Å². The maximum Gasteiger partial charge on any atom is 0.411 e. The maximum absolute atomic E-state index is 12.7. The Bertz CT molecular complexity index is 872. The molecule has 1 saturated heterocycles. The number of carbonyl (C=O) groups is 2. The van der Waals surface area contributed by atoms with Crippen molar-refractivity contribution in [3.63, 3.8) is 0 Å². The number of nitrogens with zero attached hydrogens (tertiary/aromatic N) is 2. The van der Waals surface area contributed by atoms with E-state index in [1.165, 1.54) is 11.3 Å². The van der Waals surface area contributed by atoms with Gasteiger partial charge in [0, 0.05) is 17.3 Å². The highest BCUT2D eigenvalue weighted by Crippen LogP contribution is 2.46. The second-order valence-corrected chi connectivity index (χ2v) is 9.02. The molecule has 0 radical (unpaired) electrons. The monoisotopic (exact) mass is 399 g/mol. The standard InChI is InChI=1S/C21H25N3O3S/c1-21(2)17(13-6-4-3-5-7-13)24(20(26)27-21)15-10-8-14(9-11-15)19-23-16(12-28-19)18(22)25/h3-7,12,14-15,17H,8-11H2,1-2H3,(H2,22,25)/t14?,15?,17-/m0/s1. The number of hydrogen-bond donors (Lipinski definition) is 1. The molecule has 2 fully saturated rings. The van der Waals surface area contributed by atoms with Crippen LogP contribution >= 0.6 is 11.3 Å². The molecule has 1 aromatic carbocycles. The van der Waals surface area contributed by atoms with Crippen molar-refractivity contribution in [3.8, 4) is 0 Å². The van der Waals surface area contributed by atoms with Crippen LogP contribution in [0, 0.1) is 0 Å². The third kappa shape index (κ3) is 3.39. The molecule has 1 aliphatic heterocycles. The third-order valence-electron chi connectivity index (χ3n) is 5.83. The molecule has 1 atom stereocenters. The zero-order valence-electron chi connectivity index (χ0n) is 16.1. The smallest absolute Gasteiger partial charge is 0.411 e. The summed E-state index contributed by atoms with van der Waals surface area (Å²) in [4.78, 5) is 30.4. The summed E-state index contributed by atoms with van der Waals surface area (Å²) in [6, 6.07) is 10.2. The van der Waals surface area contributed by atoms with E-state index in [4.69, 9.17) is 10.5 Å². The van der Waals surface area contributed by atoms with Crippen molar-refractivity contribution in [3.05, 3.63) is 52.0 Å². The molecule has 6 nitrogen and oxygen atoms in total. The van der Waals surface area contributed by atoms with Gasteiger partial charge < -0.3 is 10.5 Å². The molecule has 28 heavy (non-hydrogen) atoms. The van der Waals surface area contributed by atoms with E-state index in [1.807, 2.05) is 36.9 Å². The van der Waals surface area contributed by atoms with E-state index in [-0.39, 0.29) is 18.2 Å². The van der Waals surface area contributed by atoms with Crippen LogP contribution in [0.2, 0.25) is 0 Å². The lowest BCUT2D eigenvalue weighted by molar-refractivity contribution is 0.0663. The SMILES string of the molecule is CC1(C)OC(=O)N(C2CCC(c3nc(C(N)=O)cs3)CC2)[C@H]1c1ccccc1. The van der Waals surface area contributed by atoms with E-state index < -0.39 is 11.5 Å². The van der Waals surface area contributed by atoms with Crippen molar-refractivity contribution in [1.29, 1.82) is 0 Å². The molecule has 1 aromatic heterocycles. The van der Waals surface area contributed by atoms with E-state index in [1.54, 1.807) is 5.38 Å². The predicted octanol–water partition coefficient (Wildman–Crippen LogP) is 4.24. The van der Waals surface area contributed by atoms with Crippen molar-refractivity contribution >= 4 is 23.3 Å². The van der Waals surface area contributed by atoms with Crippen LogP contribution in [0.1, 0.15) is 72.6 Å². The highest BCUT2D eigenvalue weighted by molar-refractivity contribution is 7.09. The van der Waals surface area contributed by atoms with Gasteiger partial charge in [-0.1, -0.05) is 30.3 Å². The Morgan fingerprint density at radius 3 is 2.50 bits per heavy atom. The molecule has 7 heteroatoms. The summed E-state index contributed by atoms with van der Waals surface area (Å²) < 4.78 is 5.75. The number of primary amides is 1. The molecule has 148 valence electrons. The molecule has 2 aromatic rings. The molecular formula is C21H25N3O3S. The molecular weight excluding hydrogens is 374 g/mol. The van der Waals surface area contributed by atoms with Gasteiger partial charge in [-0.25, -0.2) is 9.78 Å². The highest BCUT2D eigenvalue weighted by atomic mass is 32.1. The fourth-order valence-electron chi connectivity index (χ4n) is 4.52. The van der Waals surface area contributed by atoms with E-state index in [0.29, 0.717) is 11.6 Å². The lowest BCUT2D eigenvalue weighted by Gasteiger charge is -2.38. The first kappa shape index (κ1) is 18.9. The molecule has 1 saturated carbocycles. The van der Waals surface area contributed by atoms with Gasteiger partial charge in [0.2, 0.25) is 0 Å². The topological polar surface area (TPSA) is 85.5 Å². The average molecular weight is 400 g/mol. The number of benzene rings is 1. The molecule has 2 heterocycles. The fraction of sp³-hybridized carbons (Fsp3) is 0.476. The molecule has 0 spiro atoms. The van der Waals surface area contributed by atoms with Crippen LogP contribution in [-0.4, -0.2) is 33.5 Å². The van der Waals surface area contributed by atoms with Crippen LogP contribution in [0.5, 0.6) is 0 Å². The number of rotatable bonds is 4. The maximum atomic E-state index is 12.7. The number of thiazole rings is 1. The Morgan fingerprint density at radius 1 is 1.21 bits per heavy atom. The van der Waals surface area contributed by atoms with Gasteiger partial charge in [0.1, 0.15) is 11.3 Å². The normalized spacial score (nSPS) is 26.9. The highest BCUT2D eigenvalue weighted by Gasteiger charge is 2.51. The van der Waals surface area contributed by atoms with Gasteiger partial charge in [-0.3, -0.25) is 9.69 Å². The first-order valence-corrected chi connectivity index (χ1v) is 10.6. The third-order valence-corrected chi connectivity index (χ3v) is 6.83. The van der Waals surface area contributed by atoms with Crippen molar-refractivity contribution in [2.24, 2.45) is 5.73 Å². The zero-order valence-corrected chi connectivity index (χ0v) is 16.9. The van der Waals surface area contributed by atoms with Crippen LogP contribution in [0.3, 0.4) is 0 Å². The van der Waals surface area contributed by atoms with Crippen LogP contribution in [0.25, 0.3) is 0 Å². The average Bonchev–Trinajstić information content (AvgIpc) is 3.25. The van der Waals surface area contributed by atoms with Crippen LogP contribution in [0.4, 0.5) is 4.79 Å². The number of carbonyl (C=O) groups excluding carboxylic acids is 2. The summed E-state index contributed by atoms with van der Waals surface area (Å²) in [5.74, 6) is -0.167. The molecule has 2 N–H and O–H groups in total. The minimum atomic E-state index is -0.568. The lowest BCUT2D eigenvalue weighted by atomic mass is 9.83. The van der Waals surface area contributed by atoms with Crippen molar-refractivity contribution in [2.45, 2.75) is 63.1 Å². The quantitative estimate of drug-likeness (QED) is 0.833. The fourth-order valence-corrected chi connectivity index (χ4v) is 5.50. The number of ether oxygens (including phenoxy) is 1. The molecule has 0 unspecified atom stereocenters. The van der Waals surface area contributed by atoms with Gasteiger partial charge >= 0.3 is 6.09 Å². The molecule has 0 bridgehead atoms. The van der Waals surface area contributed by atoms with E-state index in [0.717, 1.165) is 36.3 Å². The Kier molecular flexibility index (Phi) is 4.87. The van der Waals surface area contributed by atoms with Crippen molar-refractivity contribution in [2.75, 3.05) is 0 Å². The van der Waals surface area contributed by atoms with Gasteiger partial charge in [0.25, 0.3) is 5.91 Å². The van der Waals surface area contributed by atoms with Crippen molar-refractivity contribution in [1.82, 2.24) is 9.88 Å². The number of amides is 2. The minimum Gasteiger partial charge on any atom is -0.441 e. The summed E-state index contributed by atoms with van der Waals surface area (Å²) in [6.45, 7) is 3.96. The van der Waals surface area contributed by atoms with Gasteiger partial charge in [0.15, 0.2) is 0 Å². The van der Waals surface area contributed by atoms with Gasteiger partial charge in [-0.15, -0.1) is 11.3 Å². The molecule has 2 aliphatic rings. The number of nitrogens with two attached hydrogens (primary N) is 1. The van der Waals surface area contributed by atoms with Gasteiger partial charge in [0.05, 0.1) is 11.0 Å². The minimum absolute atomic E-state index is 0.0934. The largest absolute Gasteiger partial charge is 0.441 e. The summed E-state index contributed by atoms with van der Waals surface area (Å²) in [5, 5.41) is 2.70. The number of cyclic esters (lactones) is 1. The van der Waals surface area contributed by atoms with Crippen LogP contribution < -0.4 is 5.73 Å². The van der Waals surface area contributed by atoms with Gasteiger partial charge in [-0.2, -0.15) is 0 Å². The Labute approximate surface area is 168 Å². The number of aromatic nitrogens is 1. The van der Waals surface area contributed by atoms with Crippen LogP contribution in [0.15, 0.2) is 35.7 Å². The summed E-state index contributed by atoms with van der Waals surface area (Å²) >= 11 is 1.50. The second-order valence-electron chi connectivity index (χ2n) is 8.13. The van der Waals surface area contributed by atoms with Crippen molar-refractivity contribution < 1.29 is 14.3 Å². The first-order valence-electron chi connectivity index (χ1n) is 9.68.